The van der Waals surface area contributed by atoms with Crippen LogP contribution < -0.4 is 0 Å². The Morgan fingerprint density at radius 3 is 2.29 bits per heavy atom. The maximum atomic E-state index is 14.0. The van der Waals surface area contributed by atoms with Gasteiger partial charge in [0.25, 0.3) is 0 Å². The minimum Gasteiger partial charge on any atom is -0.452 e. The van der Waals surface area contributed by atoms with Crippen molar-refractivity contribution in [1.82, 2.24) is 9.47 Å². The molecule has 0 saturated carbocycles. The van der Waals surface area contributed by atoms with Crippen molar-refractivity contribution in [2.75, 3.05) is 7.11 Å². The number of hydrogen-bond donors (Lipinski definition) is 0. The molecule has 0 N–H and O–H groups in total. The van der Waals surface area contributed by atoms with Crippen molar-refractivity contribution < 1.29 is 19.1 Å². The molecule has 5 rings (SSSR count). The lowest BCUT2D eigenvalue weighted by Crippen LogP contribution is -2.38. The van der Waals surface area contributed by atoms with E-state index in [1.807, 2.05) is 84.9 Å². The van der Waals surface area contributed by atoms with Crippen LogP contribution in [-0.4, -0.2) is 34.5 Å². The van der Waals surface area contributed by atoms with Crippen molar-refractivity contribution >= 4 is 28.8 Å². The molecular formula is C29H26N2O4. The van der Waals surface area contributed by atoms with E-state index >= 15 is 0 Å². The van der Waals surface area contributed by atoms with Crippen molar-refractivity contribution in [2.45, 2.75) is 31.2 Å². The number of likely N-dealkylation sites (tertiary alicyclic amines) is 1. The van der Waals surface area contributed by atoms with Crippen molar-refractivity contribution in [3.05, 3.63) is 108 Å². The first-order valence-electron chi connectivity index (χ1n) is 11.6. The number of amides is 2. The number of ether oxygens (including phenoxy) is 1. The predicted molar refractivity (Wildman–Crippen MR) is 133 cm³/mol. The Balaban J connectivity index is 1.54. The maximum absolute atomic E-state index is 14.0. The summed E-state index contributed by atoms with van der Waals surface area (Å²) >= 11 is 0. The molecule has 1 atom stereocenters. The molecule has 0 bridgehead atoms. The Morgan fingerprint density at radius 2 is 1.60 bits per heavy atom. The molecule has 0 aliphatic carbocycles. The first-order valence-corrected chi connectivity index (χ1v) is 11.6. The molecule has 2 heterocycles. The topological polar surface area (TPSA) is 68.6 Å². The minimum absolute atomic E-state index is 0.120. The Hall–Kier alpha value is -4.19. The molecule has 1 aromatic heterocycles. The van der Waals surface area contributed by atoms with Crippen molar-refractivity contribution in [3.8, 4) is 0 Å². The summed E-state index contributed by atoms with van der Waals surface area (Å²) in [6.07, 6.45) is 2.47. The Kier molecular flexibility index (Phi) is 5.95. The molecular weight excluding hydrogens is 440 g/mol. The molecule has 35 heavy (non-hydrogen) atoms. The van der Waals surface area contributed by atoms with Crippen molar-refractivity contribution in [2.24, 2.45) is 0 Å². The molecule has 1 fully saturated rings. The third-order valence-electron chi connectivity index (χ3n) is 6.89. The van der Waals surface area contributed by atoms with Crippen LogP contribution in [0.5, 0.6) is 0 Å². The van der Waals surface area contributed by atoms with Crippen molar-refractivity contribution in [3.63, 3.8) is 0 Å². The van der Waals surface area contributed by atoms with Gasteiger partial charge in [-0.1, -0.05) is 66.7 Å². The zero-order valence-corrected chi connectivity index (χ0v) is 19.5. The molecule has 1 saturated heterocycles. The monoisotopic (exact) mass is 466 g/mol. The first-order chi connectivity index (χ1) is 17.0. The van der Waals surface area contributed by atoms with Crippen LogP contribution in [0.15, 0.2) is 91.1 Å². The van der Waals surface area contributed by atoms with E-state index in [0.717, 1.165) is 22.1 Å². The van der Waals surface area contributed by atoms with Crippen LogP contribution in [0.3, 0.4) is 0 Å². The number of aromatic nitrogens is 1. The fraction of sp³-hybridized carbons (Fsp3) is 0.207. The van der Waals surface area contributed by atoms with E-state index in [4.69, 9.17) is 4.74 Å². The maximum Gasteiger partial charge on any atom is 0.418 e. The minimum atomic E-state index is -0.969. The van der Waals surface area contributed by atoms with Gasteiger partial charge in [0.15, 0.2) is 0 Å². The lowest BCUT2D eigenvalue weighted by Gasteiger charge is -2.28. The number of methoxy groups -OCH3 is 1. The van der Waals surface area contributed by atoms with Crippen LogP contribution in [0.4, 0.5) is 4.79 Å². The fourth-order valence-corrected chi connectivity index (χ4v) is 4.99. The summed E-state index contributed by atoms with van der Waals surface area (Å²) in [5.74, 6) is -0.340. The summed E-state index contributed by atoms with van der Waals surface area (Å²) in [7, 11) is 1.34. The van der Waals surface area contributed by atoms with Gasteiger partial charge in [0.05, 0.1) is 24.6 Å². The summed E-state index contributed by atoms with van der Waals surface area (Å²) in [5.41, 5.74) is 2.54. The van der Waals surface area contributed by atoms with Gasteiger partial charge in [-0.3, -0.25) is 19.1 Å². The van der Waals surface area contributed by atoms with Gasteiger partial charge < -0.3 is 4.74 Å². The fourth-order valence-electron chi connectivity index (χ4n) is 4.99. The van der Waals surface area contributed by atoms with Crippen LogP contribution >= 0.6 is 0 Å². The van der Waals surface area contributed by atoms with E-state index in [9.17, 15) is 14.4 Å². The summed E-state index contributed by atoms with van der Waals surface area (Å²) in [4.78, 5) is 40.7. The van der Waals surface area contributed by atoms with E-state index in [1.165, 1.54) is 16.6 Å². The van der Waals surface area contributed by atoms with Crippen molar-refractivity contribution in [1.29, 1.82) is 0 Å². The van der Waals surface area contributed by atoms with Crippen LogP contribution in [-0.2, 0) is 32.7 Å². The lowest BCUT2D eigenvalue weighted by molar-refractivity contribution is -0.140. The number of imide groups is 1. The van der Waals surface area contributed by atoms with Gasteiger partial charge in [0.2, 0.25) is 11.8 Å². The number of nitrogens with zero attached hydrogens (tertiary/aromatic N) is 2. The lowest BCUT2D eigenvalue weighted by atomic mass is 9.74. The molecule has 6 nitrogen and oxygen atoms in total. The first kappa shape index (κ1) is 22.6. The normalized spacial score (nSPS) is 17.8. The summed E-state index contributed by atoms with van der Waals surface area (Å²) in [6.45, 7) is 0.257. The number of rotatable bonds is 6. The Bertz CT molecular complexity index is 1390. The number of aryl methyl sites for hydroxylation is 1. The molecule has 176 valence electrons. The Morgan fingerprint density at radius 1 is 0.914 bits per heavy atom. The number of fused-ring (bicyclic) bond motifs is 1. The van der Waals surface area contributed by atoms with Gasteiger partial charge >= 0.3 is 6.09 Å². The highest BCUT2D eigenvalue weighted by Gasteiger charge is 2.52. The van der Waals surface area contributed by atoms with Gasteiger partial charge in [-0.15, -0.1) is 0 Å². The highest BCUT2D eigenvalue weighted by Crippen LogP contribution is 2.42. The van der Waals surface area contributed by atoms with Crippen LogP contribution in [0.2, 0.25) is 0 Å². The average Bonchev–Trinajstić information content (AvgIpc) is 3.43. The van der Waals surface area contributed by atoms with Crippen LogP contribution in [0.1, 0.15) is 29.5 Å². The van der Waals surface area contributed by atoms with E-state index in [-0.39, 0.29) is 24.8 Å². The molecule has 2 amide bonds. The van der Waals surface area contributed by atoms with E-state index in [2.05, 4.69) is 0 Å². The number of hydrogen-bond acceptors (Lipinski definition) is 4. The third-order valence-corrected chi connectivity index (χ3v) is 6.89. The van der Waals surface area contributed by atoms with Gasteiger partial charge in [-0.25, -0.2) is 4.79 Å². The summed E-state index contributed by atoms with van der Waals surface area (Å²) < 4.78 is 6.29. The molecule has 0 radical (unpaired) electrons. The Labute approximate surface area is 203 Å². The molecule has 1 aliphatic rings. The molecule has 3 aromatic carbocycles. The standard InChI is InChI=1S/C29H26N2O4/c1-35-28(34)30-17-15-23-18-24(12-13-25(23)30)29(16-14-21-8-4-2-5-9-21)19-26(32)31(27(29)33)20-22-10-6-3-7-11-22/h2-13,15,17-18H,14,16,19-20H2,1H3. The second-order valence-corrected chi connectivity index (χ2v) is 8.94. The molecule has 0 spiro atoms. The van der Waals surface area contributed by atoms with E-state index in [1.54, 1.807) is 6.20 Å². The molecule has 6 heteroatoms. The van der Waals surface area contributed by atoms with E-state index < -0.39 is 11.5 Å². The third kappa shape index (κ3) is 4.12. The highest BCUT2D eigenvalue weighted by atomic mass is 16.5. The number of benzene rings is 3. The highest BCUT2D eigenvalue weighted by molar-refractivity contribution is 6.09. The number of carbonyl (C=O) groups excluding carboxylic acids is 3. The summed E-state index contributed by atoms with van der Waals surface area (Å²) in [6, 6.07) is 27.0. The van der Waals surface area contributed by atoms with Crippen LogP contribution in [0, 0.1) is 0 Å². The zero-order valence-electron chi connectivity index (χ0n) is 19.5. The zero-order chi connectivity index (χ0) is 24.4. The van der Waals surface area contributed by atoms with Gasteiger partial charge in [-0.2, -0.15) is 0 Å². The quantitative estimate of drug-likeness (QED) is 0.372. The molecule has 4 aromatic rings. The predicted octanol–water partition coefficient (Wildman–Crippen LogP) is 5.09. The molecule has 1 unspecified atom stereocenters. The SMILES string of the molecule is COC(=O)n1ccc2cc(C3(CCc4ccccc4)CC(=O)N(Cc4ccccc4)C3=O)ccc21. The van der Waals surface area contributed by atoms with E-state index in [0.29, 0.717) is 18.4 Å². The largest absolute Gasteiger partial charge is 0.452 e. The van der Waals surface area contributed by atoms with Crippen LogP contribution in [0.25, 0.3) is 10.9 Å². The van der Waals surface area contributed by atoms with Gasteiger partial charge in [0, 0.05) is 18.0 Å². The summed E-state index contributed by atoms with van der Waals surface area (Å²) in [5, 5.41) is 0.814. The molecule has 1 aliphatic heterocycles. The second-order valence-electron chi connectivity index (χ2n) is 8.94. The van der Waals surface area contributed by atoms with Gasteiger partial charge in [-0.05, 0) is 47.7 Å². The average molecular weight is 467 g/mol. The second kappa shape index (κ2) is 9.22. The number of carbonyl (C=O) groups is 3. The van der Waals surface area contributed by atoms with Gasteiger partial charge in [0.1, 0.15) is 0 Å². The smallest absolute Gasteiger partial charge is 0.418 e.